The Morgan fingerprint density at radius 3 is 2.25 bits per heavy atom. The van der Waals surface area contributed by atoms with E-state index in [4.69, 9.17) is 5.73 Å². The summed E-state index contributed by atoms with van der Waals surface area (Å²) < 4.78 is 0. The molecule has 0 aliphatic rings. The second kappa shape index (κ2) is 10.8. The van der Waals surface area contributed by atoms with Gasteiger partial charge in [0.1, 0.15) is 0 Å². The first-order chi connectivity index (χ1) is 11.2. The summed E-state index contributed by atoms with van der Waals surface area (Å²) in [5.41, 5.74) is 7.97. The van der Waals surface area contributed by atoms with Crippen molar-refractivity contribution in [3.8, 4) is 0 Å². The summed E-state index contributed by atoms with van der Waals surface area (Å²) in [6.45, 7) is 4.31. The number of benzene rings is 2. The average Bonchev–Trinajstić information content (AvgIpc) is 2.56. The highest BCUT2D eigenvalue weighted by Crippen LogP contribution is 2.11. The third-order valence-electron chi connectivity index (χ3n) is 3.74. The molecule has 0 bridgehead atoms. The van der Waals surface area contributed by atoms with Crippen LogP contribution in [0.25, 0.3) is 0 Å². The molecule has 1 atom stereocenters. The number of nitrogens with one attached hydrogen (secondary N) is 1. The Bertz CT molecular complexity index is 592. The SMILES string of the molecule is CC(NC(=O)CN(CCN)Cc1ccccc1)c1ccccc1.Cl. The van der Waals surface area contributed by atoms with Crippen LogP contribution in [0.5, 0.6) is 0 Å². The van der Waals surface area contributed by atoms with Gasteiger partial charge in [-0.05, 0) is 18.1 Å². The van der Waals surface area contributed by atoms with Crippen LogP contribution in [-0.2, 0) is 11.3 Å². The van der Waals surface area contributed by atoms with E-state index in [0.717, 1.165) is 12.1 Å². The minimum atomic E-state index is 0. The molecular weight excluding hydrogens is 322 g/mol. The van der Waals surface area contributed by atoms with Gasteiger partial charge in [-0.1, -0.05) is 60.7 Å². The van der Waals surface area contributed by atoms with Crippen molar-refractivity contribution >= 4 is 18.3 Å². The third-order valence-corrected chi connectivity index (χ3v) is 3.74. The van der Waals surface area contributed by atoms with E-state index >= 15 is 0 Å². The fourth-order valence-corrected chi connectivity index (χ4v) is 2.55. The maximum Gasteiger partial charge on any atom is 0.234 e. The number of nitrogens with zero attached hydrogens (tertiary/aromatic N) is 1. The van der Waals surface area contributed by atoms with Crippen LogP contribution in [0.4, 0.5) is 0 Å². The van der Waals surface area contributed by atoms with E-state index in [1.165, 1.54) is 5.56 Å². The topological polar surface area (TPSA) is 58.4 Å². The van der Waals surface area contributed by atoms with E-state index < -0.39 is 0 Å². The van der Waals surface area contributed by atoms with Crippen LogP contribution in [0.2, 0.25) is 0 Å². The monoisotopic (exact) mass is 347 g/mol. The second-order valence-electron chi connectivity index (χ2n) is 5.68. The molecule has 0 spiro atoms. The molecule has 0 heterocycles. The molecule has 1 unspecified atom stereocenters. The number of halogens is 1. The Hall–Kier alpha value is -1.88. The van der Waals surface area contributed by atoms with Crippen molar-refractivity contribution < 1.29 is 4.79 Å². The van der Waals surface area contributed by atoms with Crippen LogP contribution in [0.1, 0.15) is 24.1 Å². The summed E-state index contributed by atoms with van der Waals surface area (Å²) in [7, 11) is 0. The Morgan fingerprint density at radius 1 is 1.08 bits per heavy atom. The van der Waals surface area contributed by atoms with Gasteiger partial charge in [0.2, 0.25) is 5.91 Å². The Kier molecular flexibility index (Phi) is 9.08. The lowest BCUT2D eigenvalue weighted by Crippen LogP contribution is -2.40. The number of rotatable bonds is 8. The van der Waals surface area contributed by atoms with E-state index in [9.17, 15) is 4.79 Å². The molecule has 1 amide bonds. The van der Waals surface area contributed by atoms with Gasteiger partial charge in [-0.3, -0.25) is 9.69 Å². The first-order valence-corrected chi connectivity index (χ1v) is 7.99. The maximum absolute atomic E-state index is 12.3. The second-order valence-corrected chi connectivity index (χ2v) is 5.68. The van der Waals surface area contributed by atoms with E-state index in [1.54, 1.807) is 0 Å². The van der Waals surface area contributed by atoms with Crippen molar-refractivity contribution in [2.75, 3.05) is 19.6 Å². The largest absolute Gasteiger partial charge is 0.348 e. The van der Waals surface area contributed by atoms with Crippen LogP contribution >= 0.6 is 12.4 Å². The van der Waals surface area contributed by atoms with E-state index in [0.29, 0.717) is 19.6 Å². The number of hydrogen-bond donors (Lipinski definition) is 2. The maximum atomic E-state index is 12.3. The van der Waals surface area contributed by atoms with Crippen molar-refractivity contribution in [1.82, 2.24) is 10.2 Å². The molecule has 0 radical (unpaired) electrons. The molecule has 2 aromatic carbocycles. The van der Waals surface area contributed by atoms with Crippen molar-refractivity contribution in [3.63, 3.8) is 0 Å². The molecule has 0 fully saturated rings. The Labute approximate surface area is 150 Å². The van der Waals surface area contributed by atoms with Gasteiger partial charge in [-0.15, -0.1) is 12.4 Å². The average molecular weight is 348 g/mol. The Morgan fingerprint density at radius 2 is 1.67 bits per heavy atom. The zero-order valence-corrected chi connectivity index (χ0v) is 14.8. The van der Waals surface area contributed by atoms with Gasteiger partial charge in [0.25, 0.3) is 0 Å². The number of amides is 1. The van der Waals surface area contributed by atoms with E-state index in [-0.39, 0.29) is 24.4 Å². The zero-order valence-electron chi connectivity index (χ0n) is 14.0. The molecule has 3 N–H and O–H groups in total. The van der Waals surface area contributed by atoms with Crippen LogP contribution in [0.15, 0.2) is 60.7 Å². The van der Waals surface area contributed by atoms with Gasteiger partial charge in [-0.2, -0.15) is 0 Å². The van der Waals surface area contributed by atoms with E-state index in [2.05, 4.69) is 22.3 Å². The summed E-state index contributed by atoms with van der Waals surface area (Å²) in [6.07, 6.45) is 0. The highest BCUT2D eigenvalue weighted by molar-refractivity contribution is 5.85. The lowest BCUT2D eigenvalue weighted by molar-refractivity contribution is -0.123. The molecule has 0 aliphatic carbocycles. The fourth-order valence-electron chi connectivity index (χ4n) is 2.55. The molecule has 0 aromatic heterocycles. The predicted molar refractivity (Wildman–Crippen MR) is 101 cm³/mol. The number of nitrogens with two attached hydrogens (primary N) is 1. The summed E-state index contributed by atoms with van der Waals surface area (Å²) >= 11 is 0. The van der Waals surface area contributed by atoms with Crippen molar-refractivity contribution in [3.05, 3.63) is 71.8 Å². The summed E-state index contributed by atoms with van der Waals surface area (Å²) in [4.78, 5) is 14.4. The number of carbonyl (C=O) groups excluding carboxylic acids is 1. The van der Waals surface area contributed by atoms with Crippen molar-refractivity contribution in [1.29, 1.82) is 0 Å². The lowest BCUT2D eigenvalue weighted by Gasteiger charge is -2.22. The van der Waals surface area contributed by atoms with Gasteiger partial charge >= 0.3 is 0 Å². The lowest BCUT2D eigenvalue weighted by atomic mass is 10.1. The van der Waals surface area contributed by atoms with Crippen molar-refractivity contribution in [2.45, 2.75) is 19.5 Å². The zero-order chi connectivity index (χ0) is 16.5. The molecule has 130 valence electrons. The quantitative estimate of drug-likeness (QED) is 0.772. The molecule has 4 nitrogen and oxygen atoms in total. The standard InChI is InChI=1S/C19H25N3O.ClH/c1-16(18-10-6-3-7-11-18)21-19(23)15-22(13-12-20)14-17-8-4-2-5-9-17;/h2-11,16H,12-15,20H2,1H3,(H,21,23);1H. The minimum Gasteiger partial charge on any atom is -0.348 e. The highest BCUT2D eigenvalue weighted by atomic mass is 35.5. The molecule has 0 aliphatic heterocycles. The smallest absolute Gasteiger partial charge is 0.234 e. The highest BCUT2D eigenvalue weighted by Gasteiger charge is 2.13. The van der Waals surface area contributed by atoms with Gasteiger partial charge in [0, 0.05) is 19.6 Å². The van der Waals surface area contributed by atoms with E-state index in [1.807, 2.05) is 55.5 Å². The number of hydrogen-bond acceptors (Lipinski definition) is 3. The third kappa shape index (κ3) is 6.71. The minimum absolute atomic E-state index is 0. The van der Waals surface area contributed by atoms with Crippen LogP contribution in [0, 0.1) is 0 Å². The van der Waals surface area contributed by atoms with Gasteiger partial charge in [0.15, 0.2) is 0 Å². The normalized spacial score (nSPS) is 11.6. The van der Waals surface area contributed by atoms with Crippen molar-refractivity contribution in [2.24, 2.45) is 5.73 Å². The molecule has 2 rings (SSSR count). The summed E-state index contributed by atoms with van der Waals surface area (Å²) in [5, 5.41) is 3.05. The molecular formula is C19H26ClN3O. The van der Waals surface area contributed by atoms with Gasteiger partial charge < -0.3 is 11.1 Å². The molecule has 24 heavy (non-hydrogen) atoms. The molecule has 5 heteroatoms. The summed E-state index contributed by atoms with van der Waals surface area (Å²) in [5.74, 6) is 0.0192. The van der Waals surface area contributed by atoms with Crippen LogP contribution < -0.4 is 11.1 Å². The van der Waals surface area contributed by atoms with Crippen LogP contribution in [0.3, 0.4) is 0 Å². The molecule has 2 aromatic rings. The number of carbonyl (C=O) groups is 1. The Balaban J connectivity index is 0.00000288. The van der Waals surface area contributed by atoms with Crippen LogP contribution in [-0.4, -0.2) is 30.4 Å². The fraction of sp³-hybridized carbons (Fsp3) is 0.316. The first-order valence-electron chi connectivity index (χ1n) is 7.99. The van der Waals surface area contributed by atoms with Gasteiger partial charge in [-0.25, -0.2) is 0 Å². The molecule has 0 saturated heterocycles. The summed E-state index contributed by atoms with van der Waals surface area (Å²) in [6, 6.07) is 20.1. The predicted octanol–water partition coefficient (Wildman–Crippen LogP) is 2.75. The molecule has 0 saturated carbocycles. The van der Waals surface area contributed by atoms with Gasteiger partial charge in [0.05, 0.1) is 12.6 Å². The first kappa shape index (κ1) is 20.2.